The van der Waals surface area contributed by atoms with Crippen LogP contribution in [0.1, 0.15) is 99.6 Å². The molecule has 9 aromatic carbocycles. The Balaban J connectivity index is 0.000000151. The molecule has 15 rings (SSSR count). The number of hydrogen-bond acceptors (Lipinski definition) is 16. The van der Waals surface area contributed by atoms with Crippen LogP contribution in [0.3, 0.4) is 0 Å². The first kappa shape index (κ1) is 81.5. The summed E-state index contributed by atoms with van der Waals surface area (Å²) in [5.41, 5.74) is 7.24. The molecule has 0 spiro atoms. The molecule has 3 aliphatic heterocycles. The number of piperazine rings is 3. The summed E-state index contributed by atoms with van der Waals surface area (Å²) >= 11 is 18.1. The lowest BCUT2D eigenvalue weighted by Gasteiger charge is -2.37. The Hall–Kier alpha value is -12.5. The first-order valence-corrected chi connectivity index (χ1v) is 39.6. The summed E-state index contributed by atoms with van der Waals surface area (Å²) < 4.78 is 26.2. The monoisotopic (exact) mass is 1620 g/mol. The molecule has 594 valence electrons. The lowest BCUT2D eigenvalue weighted by Crippen LogP contribution is -2.49. The number of carbonyl (C=O) groups is 6. The number of esters is 3. The zero-order chi connectivity index (χ0) is 81.5. The van der Waals surface area contributed by atoms with Gasteiger partial charge in [0, 0.05) is 116 Å². The molecule has 0 bridgehead atoms. The lowest BCUT2D eigenvalue weighted by atomic mass is 10.0. The molecular weight excluding hydrogens is 1530 g/mol. The third-order valence-corrected chi connectivity index (χ3v) is 21.7. The van der Waals surface area contributed by atoms with Crippen molar-refractivity contribution < 1.29 is 47.7 Å². The molecule has 3 saturated heterocycles. The number of anilines is 3. The number of fused-ring (bicyclic) bond motifs is 3. The highest BCUT2D eigenvalue weighted by molar-refractivity contribution is 6.42. The first-order chi connectivity index (χ1) is 56.4. The average molecular weight is 1620 g/mol. The van der Waals surface area contributed by atoms with Crippen molar-refractivity contribution in [3.8, 4) is 5.75 Å². The fourth-order valence-electron chi connectivity index (χ4n) is 15.0. The number of benzene rings is 9. The Morgan fingerprint density at radius 1 is 0.328 bits per heavy atom. The van der Waals surface area contributed by atoms with Crippen LogP contribution in [0.4, 0.5) is 17.1 Å². The predicted molar refractivity (Wildman–Crippen MR) is 454 cm³/mol. The smallest absolute Gasteiger partial charge is 0.345 e. The van der Waals surface area contributed by atoms with Crippen molar-refractivity contribution in [1.29, 1.82) is 0 Å². The molecule has 0 radical (unpaired) electrons. The van der Waals surface area contributed by atoms with Crippen molar-refractivity contribution in [2.45, 2.75) is 40.4 Å². The van der Waals surface area contributed by atoms with Gasteiger partial charge in [-0.25, -0.2) is 14.4 Å². The van der Waals surface area contributed by atoms with Gasteiger partial charge in [0.2, 0.25) is 0 Å². The highest BCUT2D eigenvalue weighted by atomic mass is 35.5. The molecule has 12 aromatic rings. The van der Waals surface area contributed by atoms with Crippen molar-refractivity contribution in [1.82, 2.24) is 28.4 Å². The van der Waals surface area contributed by atoms with Gasteiger partial charge in [0.1, 0.15) is 22.4 Å². The van der Waals surface area contributed by atoms with Gasteiger partial charge in [-0.05, 0) is 122 Å². The quantitative estimate of drug-likeness (QED) is 0.0542. The van der Waals surface area contributed by atoms with E-state index in [2.05, 4.69) is 0 Å². The molecule has 3 aromatic heterocycles. The molecule has 25 heteroatoms. The second kappa shape index (κ2) is 37.6. The number of para-hydroxylation sites is 3. The molecule has 6 heterocycles. The molecule has 3 amide bonds. The van der Waals surface area contributed by atoms with Crippen LogP contribution in [-0.4, -0.2) is 169 Å². The van der Waals surface area contributed by atoms with Gasteiger partial charge < -0.3 is 62.0 Å². The van der Waals surface area contributed by atoms with Crippen LogP contribution in [0.15, 0.2) is 245 Å². The summed E-state index contributed by atoms with van der Waals surface area (Å²) in [4.78, 5) is 132. The Morgan fingerprint density at radius 3 is 0.914 bits per heavy atom. The third kappa shape index (κ3) is 18.0. The molecule has 0 aliphatic carbocycles. The number of aromatic nitrogens is 3. The highest BCUT2D eigenvalue weighted by Gasteiger charge is 2.35. The van der Waals surface area contributed by atoms with E-state index >= 15 is 0 Å². The molecule has 0 unspecified atom stereocenters. The maximum atomic E-state index is 13.9. The minimum absolute atomic E-state index is 0.00995. The number of methoxy groups -OCH3 is 1. The topological polar surface area (TPSA) is 225 Å². The minimum Gasteiger partial charge on any atom is -0.497 e. The van der Waals surface area contributed by atoms with Crippen LogP contribution >= 0.6 is 34.8 Å². The Morgan fingerprint density at radius 2 is 0.612 bits per heavy atom. The summed E-state index contributed by atoms with van der Waals surface area (Å²) in [5, 5.41) is 3.66. The maximum Gasteiger partial charge on any atom is 0.345 e. The lowest BCUT2D eigenvalue weighted by molar-refractivity contribution is 0.0514. The van der Waals surface area contributed by atoms with Crippen LogP contribution in [-0.2, 0) is 33.8 Å². The molecular formula is C91H86Cl3N9O13. The average Bonchev–Trinajstić information content (AvgIpc) is 0.755. The molecule has 22 nitrogen and oxygen atoms in total. The van der Waals surface area contributed by atoms with E-state index in [-0.39, 0.29) is 65.4 Å². The Labute approximate surface area is 685 Å². The summed E-state index contributed by atoms with van der Waals surface area (Å²) in [6.45, 7) is 12.0. The normalized spacial score (nSPS) is 13.5. The van der Waals surface area contributed by atoms with Crippen molar-refractivity contribution in [3.05, 3.63) is 327 Å². The number of ether oxygens (including phenoxy) is 4. The van der Waals surface area contributed by atoms with E-state index in [1.54, 1.807) is 123 Å². The van der Waals surface area contributed by atoms with Crippen molar-refractivity contribution in [2.24, 2.45) is 0 Å². The van der Waals surface area contributed by atoms with Gasteiger partial charge in [0.15, 0.2) is 0 Å². The van der Waals surface area contributed by atoms with Gasteiger partial charge in [-0.3, -0.25) is 28.8 Å². The number of halogens is 3. The van der Waals surface area contributed by atoms with E-state index in [9.17, 15) is 43.2 Å². The number of amides is 3. The second-order valence-electron chi connectivity index (χ2n) is 27.7. The van der Waals surface area contributed by atoms with E-state index in [4.69, 9.17) is 53.8 Å². The highest BCUT2D eigenvalue weighted by Crippen LogP contribution is 2.36. The third-order valence-electron chi connectivity index (χ3n) is 20.7. The van der Waals surface area contributed by atoms with Crippen LogP contribution in [0.25, 0.3) is 32.7 Å². The fraction of sp³-hybridized carbons (Fsp3) is 0.242. The predicted octanol–water partition coefficient (Wildman–Crippen LogP) is 14.5. The summed E-state index contributed by atoms with van der Waals surface area (Å²) in [5.74, 6) is -1.53. The molecule has 0 saturated carbocycles. The fourth-order valence-corrected chi connectivity index (χ4v) is 15.4. The molecule has 3 fully saturated rings. The molecule has 0 N–H and O–H groups in total. The van der Waals surface area contributed by atoms with Crippen LogP contribution < -0.4 is 36.1 Å². The van der Waals surface area contributed by atoms with E-state index in [1.165, 1.54) is 0 Å². The van der Waals surface area contributed by atoms with Gasteiger partial charge in [-0.15, -0.1) is 0 Å². The zero-order valence-corrected chi connectivity index (χ0v) is 66.9. The summed E-state index contributed by atoms with van der Waals surface area (Å²) in [6, 6.07) is 70.6. The van der Waals surface area contributed by atoms with Gasteiger partial charge in [0.05, 0.1) is 90.2 Å². The number of pyridine rings is 3. The Kier molecular flexibility index (Phi) is 26.4. The molecule has 3 aliphatic rings. The van der Waals surface area contributed by atoms with Crippen LogP contribution in [0, 0.1) is 0 Å². The maximum absolute atomic E-state index is 13.9. The number of hydrogen-bond donors (Lipinski definition) is 0. The largest absolute Gasteiger partial charge is 0.497 e. The molecule has 0 atom stereocenters. The number of nitrogens with zero attached hydrogens (tertiary/aromatic N) is 9. The van der Waals surface area contributed by atoms with Gasteiger partial charge in [-0.1, -0.05) is 180 Å². The SMILES string of the molecule is CCOC(=O)c1c(N2CCN(C(=O)c3ccc(Cl)c(Cl)c3)CC2)c2ccccc2n(Cc2ccccc2)c1=O.CCOC(=O)c1c(N2CCN(C(=O)c3ccc(Cl)cc3)CC2)c2ccccc2n(Cc2ccccc2)c1=O.CCOC(=O)c1c(N2CCN(C(=O)c3ccc(OC)cc3)CC2)c2ccccc2n(Cc2ccccc2)c1=O. The minimum atomic E-state index is -0.653. The first-order valence-electron chi connectivity index (χ1n) is 38.4. The van der Waals surface area contributed by atoms with E-state index in [0.717, 1.165) is 49.4 Å². The van der Waals surface area contributed by atoms with E-state index in [1.807, 2.05) is 178 Å². The zero-order valence-electron chi connectivity index (χ0n) is 64.6. The Bertz CT molecular complexity index is 5790. The van der Waals surface area contributed by atoms with E-state index < -0.39 is 23.5 Å². The van der Waals surface area contributed by atoms with Crippen LogP contribution in [0.5, 0.6) is 5.75 Å². The second-order valence-corrected chi connectivity index (χ2v) is 29.0. The number of rotatable bonds is 19. The van der Waals surface area contributed by atoms with E-state index in [0.29, 0.717) is 153 Å². The van der Waals surface area contributed by atoms with Crippen molar-refractivity contribution in [2.75, 3.05) is 120 Å². The molecule has 116 heavy (non-hydrogen) atoms. The van der Waals surface area contributed by atoms with Crippen molar-refractivity contribution >= 4 is 120 Å². The standard InChI is InChI=1S/C31H31N3O5.C30H27Cl2N3O4.C30H28ClN3O4/c1-3-39-31(37)27-28(32-17-19-33(20-18-32)29(35)23-13-15-24(38-2)16-14-23)25-11-7-8-12-26(25)34(30(27)36)21-22-9-5-4-6-10-22;1-2-39-30(38)26-27(33-14-16-34(17-15-33)28(36)21-12-13-23(31)24(32)18-21)22-10-6-7-11-25(22)35(29(26)37)19-20-8-4-3-5-9-20;1-2-38-30(37)26-27(32-16-18-33(19-17-32)28(35)22-12-14-23(31)15-13-22)24-10-6-7-11-25(24)34(29(26)36)20-21-8-4-3-5-9-21/h4-16H,3,17-21H2,1-2H3;3-13,18H,2,14-17,19H2,1H3;3-15H,2,16-20H2,1H3. The van der Waals surface area contributed by atoms with Gasteiger partial charge >= 0.3 is 17.9 Å². The van der Waals surface area contributed by atoms with Gasteiger partial charge in [0.25, 0.3) is 34.4 Å². The number of carbonyl (C=O) groups excluding carboxylic acids is 6. The van der Waals surface area contributed by atoms with Gasteiger partial charge in [-0.2, -0.15) is 0 Å². The summed E-state index contributed by atoms with van der Waals surface area (Å²) in [6.07, 6.45) is 0. The van der Waals surface area contributed by atoms with Crippen LogP contribution in [0.2, 0.25) is 15.1 Å². The summed E-state index contributed by atoms with van der Waals surface area (Å²) in [7, 11) is 1.59. The van der Waals surface area contributed by atoms with Crippen molar-refractivity contribution in [3.63, 3.8) is 0 Å².